The van der Waals surface area contributed by atoms with Crippen LogP contribution < -0.4 is 0 Å². The molecule has 1 rings (SSSR count). The van der Waals surface area contributed by atoms with E-state index in [2.05, 4.69) is 0 Å². The van der Waals surface area contributed by atoms with Crippen molar-refractivity contribution < 1.29 is 19.8 Å². The average Bonchev–Trinajstić information content (AvgIpc) is 2.57. The summed E-state index contributed by atoms with van der Waals surface area (Å²) in [6.45, 7) is 7.93. The van der Waals surface area contributed by atoms with Gasteiger partial charge in [0.2, 0.25) is 0 Å². The molecule has 0 aliphatic heterocycles. The van der Waals surface area contributed by atoms with Crippen LogP contribution in [0.5, 0.6) is 0 Å². The van der Waals surface area contributed by atoms with Gasteiger partial charge in [-0.15, -0.1) is 0 Å². The Balaban J connectivity index is 3.23. The molecule has 0 saturated heterocycles. The molecule has 1 saturated carbocycles. The molecule has 1 aliphatic carbocycles. The lowest BCUT2D eigenvalue weighted by Crippen LogP contribution is -2.46. The van der Waals surface area contributed by atoms with Crippen LogP contribution >= 0.6 is 0 Å². The van der Waals surface area contributed by atoms with E-state index in [4.69, 9.17) is 0 Å². The van der Waals surface area contributed by atoms with Gasteiger partial charge < -0.3 is 10.2 Å². The van der Waals surface area contributed by atoms with Gasteiger partial charge in [0, 0.05) is 0 Å². The first-order valence-corrected chi connectivity index (χ1v) is 6.22. The van der Waals surface area contributed by atoms with E-state index in [0.29, 0.717) is 12.3 Å². The molecule has 0 radical (unpaired) electrons. The summed E-state index contributed by atoms with van der Waals surface area (Å²) in [5.41, 5.74) is -1.58. The largest absolute Gasteiger partial charge is 0.480 e. The van der Waals surface area contributed by atoms with Crippen LogP contribution in [-0.2, 0) is 9.59 Å². The van der Waals surface area contributed by atoms with Crippen LogP contribution in [0.2, 0.25) is 0 Å². The standard InChI is InChI=1S/C13H22O4/c1-7(2)9-5-6-13(11(14)15,12(16)17)10(9)8(3)4/h7-10H,5-6H2,1-4H3,(H,14,15)(H,16,17). The van der Waals surface area contributed by atoms with Crippen LogP contribution in [0.15, 0.2) is 0 Å². The topological polar surface area (TPSA) is 74.6 Å². The van der Waals surface area contributed by atoms with Crippen molar-refractivity contribution in [3.63, 3.8) is 0 Å². The third-order valence-corrected chi connectivity index (χ3v) is 4.24. The first-order valence-electron chi connectivity index (χ1n) is 6.22. The van der Waals surface area contributed by atoms with Crippen molar-refractivity contribution in [2.75, 3.05) is 0 Å². The van der Waals surface area contributed by atoms with Crippen molar-refractivity contribution in [1.82, 2.24) is 0 Å². The van der Waals surface area contributed by atoms with Crippen LogP contribution in [0, 0.1) is 29.1 Å². The molecule has 0 amide bonds. The van der Waals surface area contributed by atoms with E-state index in [1.165, 1.54) is 0 Å². The number of carboxylic acids is 2. The molecular formula is C13H22O4. The summed E-state index contributed by atoms with van der Waals surface area (Å²) in [5, 5.41) is 18.7. The van der Waals surface area contributed by atoms with E-state index in [-0.39, 0.29) is 24.2 Å². The average molecular weight is 242 g/mol. The van der Waals surface area contributed by atoms with Crippen LogP contribution in [0.3, 0.4) is 0 Å². The van der Waals surface area contributed by atoms with E-state index in [1.54, 1.807) is 0 Å². The second kappa shape index (κ2) is 4.67. The Hall–Kier alpha value is -1.06. The number of aliphatic carboxylic acids is 2. The third kappa shape index (κ3) is 2.05. The number of rotatable bonds is 4. The van der Waals surface area contributed by atoms with Crippen LogP contribution in [-0.4, -0.2) is 22.2 Å². The molecule has 0 aromatic heterocycles. The van der Waals surface area contributed by atoms with E-state index in [1.807, 2.05) is 27.7 Å². The fourth-order valence-corrected chi connectivity index (χ4v) is 3.51. The molecule has 4 nitrogen and oxygen atoms in total. The molecule has 2 unspecified atom stereocenters. The zero-order valence-corrected chi connectivity index (χ0v) is 10.9. The first-order chi connectivity index (χ1) is 7.75. The van der Waals surface area contributed by atoms with Gasteiger partial charge in [0.15, 0.2) is 5.41 Å². The molecule has 0 heterocycles. The quantitative estimate of drug-likeness (QED) is 0.743. The minimum atomic E-state index is -1.58. The number of hydrogen-bond donors (Lipinski definition) is 2. The second-order valence-electron chi connectivity index (χ2n) is 5.80. The SMILES string of the molecule is CC(C)C1CCC(C(=O)O)(C(=O)O)C1C(C)C. The lowest BCUT2D eigenvalue weighted by atomic mass is 9.67. The van der Waals surface area contributed by atoms with E-state index in [9.17, 15) is 19.8 Å². The van der Waals surface area contributed by atoms with Gasteiger partial charge in [-0.3, -0.25) is 9.59 Å². The highest BCUT2D eigenvalue weighted by molar-refractivity contribution is 5.99. The highest BCUT2D eigenvalue weighted by Crippen LogP contribution is 2.53. The predicted molar refractivity (Wildman–Crippen MR) is 63.6 cm³/mol. The molecular weight excluding hydrogens is 220 g/mol. The molecule has 2 atom stereocenters. The predicted octanol–water partition coefficient (Wildman–Crippen LogP) is 2.48. The zero-order valence-electron chi connectivity index (χ0n) is 10.9. The Kier molecular flexibility index (Phi) is 3.84. The van der Waals surface area contributed by atoms with Crippen LogP contribution in [0.1, 0.15) is 40.5 Å². The fourth-order valence-electron chi connectivity index (χ4n) is 3.51. The van der Waals surface area contributed by atoms with Gasteiger partial charge in [0.1, 0.15) is 0 Å². The summed E-state index contributed by atoms with van der Waals surface area (Å²) in [5.74, 6) is -2.06. The van der Waals surface area contributed by atoms with E-state index < -0.39 is 17.4 Å². The molecule has 2 N–H and O–H groups in total. The third-order valence-electron chi connectivity index (χ3n) is 4.24. The number of carboxylic acid groups (broad SMARTS) is 2. The van der Waals surface area contributed by atoms with Gasteiger partial charge in [-0.05, 0) is 36.5 Å². The van der Waals surface area contributed by atoms with Crippen molar-refractivity contribution in [3.8, 4) is 0 Å². The number of hydrogen-bond acceptors (Lipinski definition) is 2. The maximum Gasteiger partial charge on any atom is 0.321 e. The molecule has 98 valence electrons. The lowest BCUT2D eigenvalue weighted by Gasteiger charge is -2.34. The number of carbonyl (C=O) groups is 2. The Morgan fingerprint density at radius 3 is 1.82 bits per heavy atom. The van der Waals surface area contributed by atoms with Crippen molar-refractivity contribution in [2.45, 2.75) is 40.5 Å². The summed E-state index contributed by atoms with van der Waals surface area (Å²) in [6, 6.07) is 0. The molecule has 4 heteroatoms. The Labute approximate surface area is 102 Å². The Morgan fingerprint density at radius 2 is 1.53 bits per heavy atom. The van der Waals surface area contributed by atoms with Crippen molar-refractivity contribution >= 4 is 11.9 Å². The summed E-state index contributed by atoms with van der Waals surface area (Å²) >= 11 is 0. The fraction of sp³-hybridized carbons (Fsp3) is 0.846. The maximum atomic E-state index is 11.5. The summed E-state index contributed by atoms with van der Waals surface area (Å²) in [6.07, 6.45) is 0.947. The van der Waals surface area contributed by atoms with Crippen LogP contribution in [0.4, 0.5) is 0 Å². The minimum Gasteiger partial charge on any atom is -0.480 e. The van der Waals surface area contributed by atoms with Crippen molar-refractivity contribution in [3.05, 3.63) is 0 Å². The molecule has 0 aromatic rings. The smallest absolute Gasteiger partial charge is 0.321 e. The highest BCUT2D eigenvalue weighted by Gasteiger charge is 2.60. The Bertz CT molecular complexity index is 305. The van der Waals surface area contributed by atoms with E-state index in [0.717, 1.165) is 0 Å². The molecule has 0 bridgehead atoms. The van der Waals surface area contributed by atoms with Gasteiger partial charge in [-0.2, -0.15) is 0 Å². The normalized spacial score (nSPS) is 27.6. The zero-order chi connectivity index (χ0) is 13.4. The van der Waals surface area contributed by atoms with Gasteiger partial charge in [-0.25, -0.2) is 0 Å². The van der Waals surface area contributed by atoms with Crippen molar-refractivity contribution in [1.29, 1.82) is 0 Å². The van der Waals surface area contributed by atoms with Gasteiger partial charge in [-0.1, -0.05) is 27.7 Å². The van der Waals surface area contributed by atoms with Gasteiger partial charge in [0.25, 0.3) is 0 Å². The Morgan fingerprint density at radius 1 is 1.06 bits per heavy atom. The summed E-state index contributed by atoms with van der Waals surface area (Å²) in [7, 11) is 0. The minimum absolute atomic E-state index is 0.0668. The monoisotopic (exact) mass is 242 g/mol. The molecule has 17 heavy (non-hydrogen) atoms. The van der Waals surface area contributed by atoms with Crippen molar-refractivity contribution in [2.24, 2.45) is 29.1 Å². The lowest BCUT2D eigenvalue weighted by molar-refractivity contribution is -0.170. The van der Waals surface area contributed by atoms with E-state index >= 15 is 0 Å². The van der Waals surface area contributed by atoms with Gasteiger partial charge in [0.05, 0.1) is 0 Å². The maximum absolute atomic E-state index is 11.5. The molecule has 0 aromatic carbocycles. The molecule has 0 spiro atoms. The molecule has 1 aliphatic rings. The first kappa shape index (κ1) is 14.0. The summed E-state index contributed by atoms with van der Waals surface area (Å²) in [4.78, 5) is 22.9. The molecule has 1 fully saturated rings. The summed E-state index contributed by atoms with van der Waals surface area (Å²) < 4.78 is 0. The highest BCUT2D eigenvalue weighted by atomic mass is 16.4. The van der Waals surface area contributed by atoms with Gasteiger partial charge >= 0.3 is 11.9 Å². The van der Waals surface area contributed by atoms with Crippen LogP contribution in [0.25, 0.3) is 0 Å². The second-order valence-corrected chi connectivity index (χ2v) is 5.80.